The van der Waals surface area contributed by atoms with Crippen LogP contribution in [0.5, 0.6) is 0 Å². The van der Waals surface area contributed by atoms with Gasteiger partial charge >= 0.3 is 0 Å². The molecular weight excluding hydrogens is 389 g/mol. The normalized spacial score (nSPS) is 11.9. The van der Waals surface area contributed by atoms with Crippen LogP contribution in [-0.2, 0) is 0 Å². The summed E-state index contributed by atoms with van der Waals surface area (Å²) >= 11 is 6.69. The summed E-state index contributed by atoms with van der Waals surface area (Å²) in [4.78, 5) is 12.0. The molecule has 0 aliphatic heterocycles. The molecule has 5 heteroatoms. The molecule has 0 aliphatic carbocycles. The molecule has 1 N–H and O–H groups in total. The highest BCUT2D eigenvalue weighted by molar-refractivity contribution is 9.10. The van der Waals surface area contributed by atoms with Crippen molar-refractivity contribution in [1.82, 2.24) is 5.32 Å². The summed E-state index contributed by atoms with van der Waals surface area (Å²) in [7, 11) is 0. The molecule has 0 saturated heterocycles. The lowest BCUT2D eigenvalue weighted by Gasteiger charge is -2.11. The van der Waals surface area contributed by atoms with E-state index in [1.165, 1.54) is 12.1 Å². The molecule has 2 nitrogen and oxygen atoms in total. The van der Waals surface area contributed by atoms with Gasteiger partial charge in [-0.25, -0.2) is 4.39 Å². The number of hydrogen-bond donors (Lipinski definition) is 1. The van der Waals surface area contributed by atoms with Crippen LogP contribution in [0.1, 0.15) is 20.7 Å². The van der Waals surface area contributed by atoms with Gasteiger partial charge in [0.1, 0.15) is 5.82 Å². The maximum absolute atomic E-state index is 13.2. The van der Waals surface area contributed by atoms with E-state index in [0.717, 1.165) is 5.56 Å². The van der Waals surface area contributed by atoms with Gasteiger partial charge in [0.05, 0.1) is 4.83 Å². The van der Waals surface area contributed by atoms with E-state index < -0.39 is 5.82 Å². The summed E-state index contributed by atoms with van der Waals surface area (Å²) in [5, 5.41) is 2.78. The highest BCUT2D eigenvalue weighted by atomic mass is 79.9. The molecule has 0 aromatic heterocycles. The van der Waals surface area contributed by atoms with Gasteiger partial charge < -0.3 is 5.32 Å². The molecule has 0 fully saturated rings. The Morgan fingerprint density at radius 2 is 1.90 bits per heavy atom. The lowest BCUT2D eigenvalue weighted by atomic mass is 10.1. The van der Waals surface area contributed by atoms with E-state index in [9.17, 15) is 9.18 Å². The SMILES string of the molecule is O=C(NCC(Br)c1ccccc1)c1cc(F)cc(Br)c1. The zero-order valence-corrected chi connectivity index (χ0v) is 13.6. The molecule has 0 spiro atoms. The molecule has 0 bridgehead atoms. The topological polar surface area (TPSA) is 29.1 Å². The number of rotatable bonds is 4. The molecule has 0 aliphatic rings. The van der Waals surface area contributed by atoms with Crippen LogP contribution in [-0.4, -0.2) is 12.5 Å². The molecule has 1 unspecified atom stereocenters. The number of nitrogens with one attached hydrogen (secondary N) is 1. The standard InChI is InChI=1S/C15H12Br2FNO/c16-12-6-11(7-13(18)8-12)15(20)19-9-14(17)10-4-2-1-3-5-10/h1-8,14H,9H2,(H,19,20). The van der Waals surface area contributed by atoms with Crippen LogP contribution < -0.4 is 5.32 Å². The monoisotopic (exact) mass is 399 g/mol. The van der Waals surface area contributed by atoms with Crippen molar-refractivity contribution in [3.8, 4) is 0 Å². The molecule has 0 saturated carbocycles. The third-order valence-electron chi connectivity index (χ3n) is 2.73. The first kappa shape index (κ1) is 15.2. The Morgan fingerprint density at radius 3 is 2.55 bits per heavy atom. The van der Waals surface area contributed by atoms with Gasteiger partial charge in [-0.2, -0.15) is 0 Å². The van der Waals surface area contributed by atoms with Crippen molar-refractivity contribution in [2.24, 2.45) is 0 Å². The van der Waals surface area contributed by atoms with Gasteiger partial charge in [0.25, 0.3) is 5.91 Å². The average molecular weight is 401 g/mol. The first-order chi connectivity index (χ1) is 9.56. The fourth-order valence-electron chi connectivity index (χ4n) is 1.75. The Balaban J connectivity index is 1.98. The second-order valence-corrected chi connectivity index (χ2v) is 6.27. The molecule has 0 radical (unpaired) electrons. The zero-order valence-electron chi connectivity index (χ0n) is 10.4. The van der Waals surface area contributed by atoms with Crippen molar-refractivity contribution in [2.75, 3.05) is 6.54 Å². The summed E-state index contributed by atoms with van der Waals surface area (Å²) in [5.74, 6) is -0.742. The summed E-state index contributed by atoms with van der Waals surface area (Å²) in [6, 6.07) is 13.9. The van der Waals surface area contributed by atoms with Crippen molar-refractivity contribution in [3.63, 3.8) is 0 Å². The van der Waals surface area contributed by atoms with Crippen LogP contribution in [0.25, 0.3) is 0 Å². The number of carbonyl (C=O) groups excluding carboxylic acids is 1. The maximum Gasteiger partial charge on any atom is 0.251 e. The molecule has 2 aromatic carbocycles. The Bertz CT molecular complexity index is 584. The van der Waals surface area contributed by atoms with Gasteiger partial charge in [-0.1, -0.05) is 62.2 Å². The maximum atomic E-state index is 13.2. The Kier molecular flexibility index (Phi) is 5.31. The molecule has 2 rings (SSSR count). The number of benzene rings is 2. The van der Waals surface area contributed by atoms with E-state index in [1.54, 1.807) is 6.07 Å². The number of amides is 1. The lowest BCUT2D eigenvalue weighted by Crippen LogP contribution is -2.26. The summed E-state index contributed by atoms with van der Waals surface area (Å²) in [6.07, 6.45) is 0. The Hall–Kier alpha value is -1.20. The molecule has 20 heavy (non-hydrogen) atoms. The van der Waals surface area contributed by atoms with E-state index in [1.807, 2.05) is 30.3 Å². The van der Waals surface area contributed by atoms with Crippen LogP contribution in [0.2, 0.25) is 0 Å². The highest BCUT2D eigenvalue weighted by Gasteiger charge is 2.11. The average Bonchev–Trinajstić information content (AvgIpc) is 2.44. The van der Waals surface area contributed by atoms with Crippen LogP contribution in [0.3, 0.4) is 0 Å². The highest BCUT2D eigenvalue weighted by Crippen LogP contribution is 2.21. The van der Waals surface area contributed by atoms with Gasteiger partial charge in [0.15, 0.2) is 0 Å². The minimum Gasteiger partial charge on any atom is -0.351 e. The van der Waals surface area contributed by atoms with Gasteiger partial charge in [-0.05, 0) is 23.8 Å². The van der Waals surface area contributed by atoms with Gasteiger partial charge in [0, 0.05) is 16.6 Å². The van der Waals surface area contributed by atoms with Crippen molar-refractivity contribution in [1.29, 1.82) is 0 Å². The van der Waals surface area contributed by atoms with Crippen molar-refractivity contribution in [2.45, 2.75) is 4.83 Å². The van der Waals surface area contributed by atoms with Gasteiger partial charge in [0.2, 0.25) is 0 Å². The Labute approximate surface area is 133 Å². The predicted molar refractivity (Wildman–Crippen MR) is 84.5 cm³/mol. The smallest absolute Gasteiger partial charge is 0.251 e. The van der Waals surface area contributed by atoms with Crippen LogP contribution in [0.4, 0.5) is 4.39 Å². The predicted octanol–water partition coefficient (Wildman–Crippen LogP) is 4.45. The number of halogens is 3. The third kappa shape index (κ3) is 4.15. The van der Waals surface area contributed by atoms with Gasteiger partial charge in [-0.15, -0.1) is 0 Å². The van der Waals surface area contributed by atoms with E-state index in [0.29, 0.717) is 16.6 Å². The van der Waals surface area contributed by atoms with Crippen molar-refractivity contribution in [3.05, 3.63) is 69.9 Å². The second-order valence-electron chi connectivity index (χ2n) is 4.25. The minimum atomic E-state index is -0.442. The summed E-state index contributed by atoms with van der Waals surface area (Å²) in [5.41, 5.74) is 1.37. The van der Waals surface area contributed by atoms with Gasteiger partial charge in [-0.3, -0.25) is 4.79 Å². The fourth-order valence-corrected chi connectivity index (χ4v) is 2.68. The van der Waals surface area contributed by atoms with Crippen LogP contribution in [0, 0.1) is 5.82 Å². The number of alkyl halides is 1. The number of carbonyl (C=O) groups is 1. The molecular formula is C15H12Br2FNO. The van der Waals surface area contributed by atoms with Crippen LogP contribution in [0.15, 0.2) is 53.0 Å². The summed E-state index contributed by atoms with van der Waals surface area (Å²) in [6.45, 7) is 0.428. The second kappa shape index (κ2) is 6.99. The zero-order chi connectivity index (χ0) is 14.5. The molecule has 0 heterocycles. The molecule has 104 valence electrons. The van der Waals surface area contributed by atoms with Crippen molar-refractivity contribution >= 4 is 37.8 Å². The third-order valence-corrected chi connectivity index (χ3v) is 4.04. The first-order valence-electron chi connectivity index (χ1n) is 5.99. The van der Waals surface area contributed by atoms with Crippen molar-refractivity contribution < 1.29 is 9.18 Å². The first-order valence-corrected chi connectivity index (χ1v) is 7.70. The largest absolute Gasteiger partial charge is 0.351 e. The van der Waals surface area contributed by atoms with E-state index in [2.05, 4.69) is 37.2 Å². The van der Waals surface area contributed by atoms with E-state index in [4.69, 9.17) is 0 Å². The Morgan fingerprint density at radius 1 is 1.20 bits per heavy atom. The molecule has 2 aromatic rings. The van der Waals surface area contributed by atoms with Crippen LogP contribution >= 0.6 is 31.9 Å². The lowest BCUT2D eigenvalue weighted by molar-refractivity contribution is 0.0953. The molecule has 1 atom stereocenters. The molecule has 1 amide bonds. The fraction of sp³-hybridized carbons (Fsp3) is 0.133. The van der Waals surface area contributed by atoms with E-state index >= 15 is 0 Å². The quantitative estimate of drug-likeness (QED) is 0.754. The summed E-state index contributed by atoms with van der Waals surface area (Å²) < 4.78 is 13.8. The minimum absolute atomic E-state index is 0.0182. The van der Waals surface area contributed by atoms with E-state index in [-0.39, 0.29) is 10.7 Å². The number of hydrogen-bond acceptors (Lipinski definition) is 1.